The summed E-state index contributed by atoms with van der Waals surface area (Å²) in [5.41, 5.74) is 16.2. The van der Waals surface area contributed by atoms with Crippen molar-refractivity contribution in [2.75, 3.05) is 11.5 Å². The fourth-order valence-corrected chi connectivity index (χ4v) is 5.47. The van der Waals surface area contributed by atoms with Gasteiger partial charge in [0, 0.05) is 33.6 Å². The number of carbonyl (C=O) groups is 4. The first-order valence-corrected chi connectivity index (χ1v) is 14.8. The van der Waals surface area contributed by atoms with Gasteiger partial charge in [0.1, 0.15) is 11.5 Å². The summed E-state index contributed by atoms with van der Waals surface area (Å²) in [5.74, 6) is -1.82. The van der Waals surface area contributed by atoms with Gasteiger partial charge in [0.15, 0.2) is 23.1 Å². The second-order valence-electron chi connectivity index (χ2n) is 10.8. The van der Waals surface area contributed by atoms with Crippen molar-refractivity contribution in [3.63, 3.8) is 0 Å². The second kappa shape index (κ2) is 12.9. The third kappa shape index (κ3) is 5.64. The van der Waals surface area contributed by atoms with Crippen molar-refractivity contribution in [3.05, 3.63) is 153 Å². The van der Waals surface area contributed by atoms with Crippen molar-refractivity contribution in [2.45, 2.75) is 26.7 Å². The molecule has 5 aromatic rings. The minimum atomic E-state index is -0.370. The van der Waals surface area contributed by atoms with E-state index in [9.17, 15) is 29.4 Å². The molecule has 0 amide bonds. The van der Waals surface area contributed by atoms with Crippen molar-refractivity contribution in [1.82, 2.24) is 0 Å². The molecule has 230 valence electrons. The maximum absolute atomic E-state index is 12.3. The van der Waals surface area contributed by atoms with Crippen LogP contribution < -0.4 is 11.5 Å². The maximum atomic E-state index is 12.3. The Labute approximate surface area is 265 Å². The van der Waals surface area contributed by atoms with Crippen LogP contribution in [0.4, 0.5) is 11.4 Å². The molecule has 0 fully saturated rings. The number of rotatable bonds is 2. The number of anilines is 2. The molecule has 7 rings (SSSR count). The Morgan fingerprint density at radius 1 is 0.435 bits per heavy atom. The summed E-state index contributed by atoms with van der Waals surface area (Å²) >= 11 is 0. The van der Waals surface area contributed by atoms with Gasteiger partial charge in [-0.1, -0.05) is 86.6 Å². The Balaban J connectivity index is 0.000000142. The normalized spacial score (nSPS) is 12.4. The highest BCUT2D eigenvalue weighted by Gasteiger charge is 2.34. The number of phenols is 2. The fourth-order valence-electron chi connectivity index (χ4n) is 5.47. The minimum Gasteiger partial charge on any atom is -0.507 e. The average molecular weight is 613 g/mol. The number of nitrogen functional groups attached to an aromatic ring is 2. The van der Waals surface area contributed by atoms with Gasteiger partial charge in [-0.2, -0.15) is 0 Å². The lowest BCUT2D eigenvalue weighted by Gasteiger charge is -2.19. The van der Waals surface area contributed by atoms with E-state index in [4.69, 9.17) is 11.5 Å². The lowest BCUT2D eigenvalue weighted by molar-refractivity contribution is 0.0977. The standard InChI is InChI=1S/2C14H9NO3.C10H14/c2*15-9-5-6-10(16)12-11(9)13(17)7-3-1-2-4-8(7)14(12)18;1-3-9-5-7-10(4-2)8-6-9/h2*1-6,16H,15H2;5-8H,3-4H2,1-2H3. The van der Waals surface area contributed by atoms with E-state index in [-0.39, 0.29) is 68.3 Å². The summed E-state index contributed by atoms with van der Waals surface area (Å²) in [4.78, 5) is 49.1. The Morgan fingerprint density at radius 3 is 1.00 bits per heavy atom. The van der Waals surface area contributed by atoms with E-state index >= 15 is 0 Å². The number of benzene rings is 5. The predicted molar refractivity (Wildman–Crippen MR) is 177 cm³/mol. The molecule has 8 nitrogen and oxygen atoms in total. The lowest BCUT2D eigenvalue weighted by atomic mass is 9.83. The third-order valence-electron chi connectivity index (χ3n) is 8.01. The molecule has 2 aliphatic rings. The number of aryl methyl sites for hydroxylation is 2. The third-order valence-corrected chi connectivity index (χ3v) is 8.01. The molecule has 2 aliphatic carbocycles. The van der Waals surface area contributed by atoms with Crippen molar-refractivity contribution in [3.8, 4) is 11.5 Å². The maximum Gasteiger partial charge on any atom is 0.198 e. The second-order valence-corrected chi connectivity index (χ2v) is 10.8. The van der Waals surface area contributed by atoms with E-state index in [1.807, 2.05) is 0 Å². The van der Waals surface area contributed by atoms with Gasteiger partial charge in [0.05, 0.1) is 22.3 Å². The van der Waals surface area contributed by atoms with Gasteiger partial charge in [-0.3, -0.25) is 19.2 Å². The summed E-state index contributed by atoms with van der Waals surface area (Å²) in [6.45, 7) is 4.36. The summed E-state index contributed by atoms with van der Waals surface area (Å²) < 4.78 is 0. The highest BCUT2D eigenvalue weighted by atomic mass is 16.3. The zero-order valence-electron chi connectivity index (χ0n) is 25.3. The van der Waals surface area contributed by atoms with Crippen LogP contribution in [-0.2, 0) is 12.8 Å². The first-order valence-electron chi connectivity index (χ1n) is 14.8. The number of ketones is 4. The van der Waals surface area contributed by atoms with E-state index in [0.717, 1.165) is 12.8 Å². The molecule has 46 heavy (non-hydrogen) atoms. The van der Waals surface area contributed by atoms with E-state index in [0.29, 0.717) is 22.3 Å². The van der Waals surface area contributed by atoms with Gasteiger partial charge in [0.2, 0.25) is 0 Å². The number of aromatic hydroxyl groups is 2. The zero-order valence-corrected chi connectivity index (χ0v) is 25.3. The monoisotopic (exact) mass is 612 g/mol. The van der Waals surface area contributed by atoms with Crippen LogP contribution in [0.25, 0.3) is 0 Å². The fraction of sp³-hybridized carbons (Fsp3) is 0.105. The van der Waals surface area contributed by atoms with Crippen LogP contribution in [0.3, 0.4) is 0 Å². The molecule has 0 radical (unpaired) electrons. The van der Waals surface area contributed by atoms with Crippen LogP contribution in [0.1, 0.15) is 88.7 Å². The molecule has 6 N–H and O–H groups in total. The van der Waals surface area contributed by atoms with Crippen LogP contribution in [0.2, 0.25) is 0 Å². The topological polar surface area (TPSA) is 161 Å². The van der Waals surface area contributed by atoms with Crippen molar-refractivity contribution in [2.24, 2.45) is 0 Å². The minimum absolute atomic E-state index is 0.00120. The SMILES string of the molecule is CCc1ccc(CC)cc1.Nc1ccc(O)c2c1C(=O)c1ccccc1C2=O.Nc1ccc(O)c2c1C(=O)c1ccccc1C2=O. The van der Waals surface area contributed by atoms with Gasteiger partial charge < -0.3 is 21.7 Å². The van der Waals surface area contributed by atoms with Crippen molar-refractivity contribution < 1.29 is 29.4 Å². The number of nitrogens with two attached hydrogens (primary N) is 2. The largest absolute Gasteiger partial charge is 0.507 e. The quantitative estimate of drug-likeness (QED) is 0.130. The molecule has 5 aromatic carbocycles. The number of hydrogen-bond donors (Lipinski definition) is 4. The predicted octanol–water partition coefficient (Wildman–Crippen LogP) is 6.31. The van der Waals surface area contributed by atoms with Gasteiger partial charge >= 0.3 is 0 Å². The number of fused-ring (bicyclic) bond motifs is 4. The highest BCUT2D eigenvalue weighted by molar-refractivity contribution is 6.31. The Bertz CT molecular complexity index is 1760. The number of carbonyl (C=O) groups excluding carboxylic acids is 4. The Kier molecular flexibility index (Phi) is 8.82. The molecule has 0 spiro atoms. The highest BCUT2D eigenvalue weighted by Crippen LogP contribution is 2.37. The Hall–Kier alpha value is -6.02. The van der Waals surface area contributed by atoms with Gasteiger partial charge in [-0.15, -0.1) is 0 Å². The van der Waals surface area contributed by atoms with Gasteiger partial charge in [0.25, 0.3) is 0 Å². The first kappa shape index (κ1) is 31.4. The van der Waals surface area contributed by atoms with Gasteiger partial charge in [-0.25, -0.2) is 0 Å². The van der Waals surface area contributed by atoms with Gasteiger partial charge in [-0.05, 0) is 48.2 Å². The smallest absolute Gasteiger partial charge is 0.198 e. The molecule has 0 bridgehead atoms. The van der Waals surface area contributed by atoms with E-state index in [1.54, 1.807) is 48.5 Å². The van der Waals surface area contributed by atoms with Crippen LogP contribution >= 0.6 is 0 Å². The van der Waals surface area contributed by atoms with E-state index in [1.165, 1.54) is 35.4 Å². The van der Waals surface area contributed by atoms with Crippen molar-refractivity contribution in [1.29, 1.82) is 0 Å². The molecule has 0 unspecified atom stereocenters. The lowest BCUT2D eigenvalue weighted by Crippen LogP contribution is -2.22. The molecule has 0 saturated carbocycles. The summed E-state index contributed by atoms with van der Waals surface area (Å²) in [5, 5.41) is 19.5. The van der Waals surface area contributed by atoms with E-state index in [2.05, 4.69) is 38.1 Å². The molecule has 0 atom stereocenters. The molecule has 8 heteroatoms. The number of hydrogen-bond acceptors (Lipinski definition) is 8. The zero-order chi connectivity index (χ0) is 33.1. The average Bonchev–Trinajstić information content (AvgIpc) is 3.08. The summed E-state index contributed by atoms with van der Waals surface area (Å²) in [7, 11) is 0. The van der Waals surface area contributed by atoms with E-state index < -0.39 is 0 Å². The summed E-state index contributed by atoms with van der Waals surface area (Å²) in [6, 6.07) is 27.4. The molecule has 0 heterocycles. The molecular formula is C38H32N2O6. The van der Waals surface area contributed by atoms with Crippen LogP contribution in [-0.4, -0.2) is 33.3 Å². The van der Waals surface area contributed by atoms with Crippen LogP contribution in [0.5, 0.6) is 11.5 Å². The Morgan fingerprint density at radius 2 is 0.717 bits per heavy atom. The van der Waals surface area contributed by atoms with Crippen LogP contribution in [0, 0.1) is 0 Å². The van der Waals surface area contributed by atoms with Crippen LogP contribution in [0.15, 0.2) is 97.1 Å². The molecule has 0 saturated heterocycles. The van der Waals surface area contributed by atoms with Crippen molar-refractivity contribution >= 4 is 34.5 Å². The molecular weight excluding hydrogens is 580 g/mol. The molecule has 0 aliphatic heterocycles. The molecule has 0 aromatic heterocycles. The summed E-state index contributed by atoms with van der Waals surface area (Å²) in [6.07, 6.45) is 2.29. The first-order chi connectivity index (χ1) is 22.1. The number of phenolic OH excluding ortho intramolecular Hbond substituents is 2.